The van der Waals surface area contributed by atoms with Gasteiger partial charge in [-0.2, -0.15) is 0 Å². The first-order valence-corrected chi connectivity index (χ1v) is 4.64. The predicted molar refractivity (Wildman–Crippen MR) is 44.6 cm³/mol. The zero-order chi connectivity index (χ0) is 9.47. The van der Waals surface area contributed by atoms with Crippen molar-refractivity contribution in [3.05, 3.63) is 12.2 Å². The van der Waals surface area contributed by atoms with Crippen LogP contribution in [0.5, 0.6) is 0 Å². The molecule has 2 rings (SSSR count). The lowest BCUT2D eigenvalue weighted by Crippen LogP contribution is -2.39. The third-order valence-corrected chi connectivity index (χ3v) is 3.77. The summed E-state index contributed by atoms with van der Waals surface area (Å²) in [6.07, 6.45) is 4.51. The van der Waals surface area contributed by atoms with Gasteiger partial charge >= 0.3 is 0 Å². The summed E-state index contributed by atoms with van der Waals surface area (Å²) in [6.45, 7) is -2.06. The number of hydrogen-bond donors (Lipinski definition) is 0. The van der Waals surface area contributed by atoms with Crippen molar-refractivity contribution in [3.8, 4) is 0 Å². The van der Waals surface area contributed by atoms with Crippen molar-refractivity contribution in [2.45, 2.75) is 6.42 Å². The average Bonchev–Trinajstić information content (AvgIpc) is 2.74. The minimum Gasteiger partial charge on any atom is -0.251 e. The van der Waals surface area contributed by atoms with Crippen LogP contribution < -0.4 is 0 Å². The van der Waals surface area contributed by atoms with Crippen LogP contribution >= 0.6 is 0 Å². The number of fused-ring (bicyclic) bond motifs is 2. The van der Waals surface area contributed by atoms with Crippen molar-refractivity contribution in [1.29, 1.82) is 0 Å². The Kier molecular flexibility index (Phi) is 2.12. The Bertz CT molecular complexity index is 220. The lowest BCUT2D eigenvalue weighted by molar-refractivity contribution is 0.0466. The van der Waals surface area contributed by atoms with Gasteiger partial charge in [0.15, 0.2) is 0 Å². The normalized spacial score (nSPS) is 40.1. The number of alkyl halides is 3. The quantitative estimate of drug-likeness (QED) is 0.600. The maximum absolute atomic E-state index is 12.8. The van der Waals surface area contributed by atoms with Crippen molar-refractivity contribution in [3.63, 3.8) is 0 Å². The highest BCUT2D eigenvalue weighted by Gasteiger charge is 2.56. The van der Waals surface area contributed by atoms with Gasteiger partial charge in [0.25, 0.3) is 0 Å². The third-order valence-electron chi connectivity index (χ3n) is 3.77. The summed E-state index contributed by atoms with van der Waals surface area (Å²) in [6, 6.07) is 0. The lowest BCUT2D eigenvalue weighted by Gasteiger charge is -2.35. The van der Waals surface area contributed by atoms with Gasteiger partial charge in [0.05, 0.1) is 20.0 Å². The fourth-order valence-corrected chi connectivity index (χ4v) is 2.85. The monoisotopic (exact) mass is 190 g/mol. The molecule has 1 saturated carbocycles. The third kappa shape index (κ3) is 0.990. The van der Waals surface area contributed by atoms with E-state index in [4.69, 9.17) is 0 Å². The molecule has 0 amide bonds. The molecule has 0 saturated heterocycles. The standard InChI is InChI=1S/C10H13F3/c11-4-9-7-1-2-8(3-7)10(9,5-12)6-13/h1-2,7-9H,3-6H2. The smallest absolute Gasteiger partial charge is 0.0985 e. The van der Waals surface area contributed by atoms with Crippen molar-refractivity contribution in [2.24, 2.45) is 23.2 Å². The molecule has 3 atom stereocenters. The zero-order valence-corrected chi connectivity index (χ0v) is 7.35. The summed E-state index contributed by atoms with van der Waals surface area (Å²) >= 11 is 0. The van der Waals surface area contributed by atoms with Crippen molar-refractivity contribution >= 4 is 0 Å². The van der Waals surface area contributed by atoms with Gasteiger partial charge in [-0.25, -0.2) is 0 Å². The molecule has 2 aliphatic rings. The minimum absolute atomic E-state index is 0.0708. The van der Waals surface area contributed by atoms with E-state index in [-0.39, 0.29) is 11.8 Å². The Labute approximate surface area is 75.8 Å². The van der Waals surface area contributed by atoms with E-state index in [0.29, 0.717) is 0 Å². The molecule has 0 heterocycles. The van der Waals surface area contributed by atoms with Crippen LogP contribution in [0.25, 0.3) is 0 Å². The molecule has 2 bridgehead atoms. The summed E-state index contributed by atoms with van der Waals surface area (Å²) in [5.41, 5.74) is -1.03. The van der Waals surface area contributed by atoms with Gasteiger partial charge in [-0.3, -0.25) is 13.2 Å². The van der Waals surface area contributed by atoms with Crippen molar-refractivity contribution in [1.82, 2.24) is 0 Å². The first kappa shape index (κ1) is 9.10. The molecular weight excluding hydrogens is 177 g/mol. The van der Waals surface area contributed by atoms with E-state index in [0.717, 1.165) is 6.42 Å². The van der Waals surface area contributed by atoms with E-state index in [1.54, 1.807) is 0 Å². The fourth-order valence-electron chi connectivity index (χ4n) is 2.85. The van der Waals surface area contributed by atoms with E-state index in [1.807, 2.05) is 12.2 Å². The first-order valence-electron chi connectivity index (χ1n) is 4.64. The summed E-state index contributed by atoms with van der Waals surface area (Å²) < 4.78 is 38.3. The Morgan fingerprint density at radius 1 is 1.15 bits per heavy atom. The molecule has 3 heteroatoms. The molecule has 13 heavy (non-hydrogen) atoms. The van der Waals surface area contributed by atoms with E-state index in [9.17, 15) is 13.2 Å². The molecule has 0 nitrogen and oxygen atoms in total. The van der Waals surface area contributed by atoms with Crippen LogP contribution in [-0.2, 0) is 0 Å². The molecule has 74 valence electrons. The summed E-state index contributed by atoms with van der Waals surface area (Å²) in [5, 5.41) is 0. The highest BCUT2D eigenvalue weighted by Crippen LogP contribution is 2.56. The molecule has 0 aliphatic heterocycles. The second-order valence-electron chi connectivity index (χ2n) is 4.15. The van der Waals surface area contributed by atoms with Gasteiger partial charge in [-0.15, -0.1) is 0 Å². The summed E-state index contributed by atoms with van der Waals surface area (Å²) in [4.78, 5) is 0. The van der Waals surface area contributed by atoms with Gasteiger partial charge in [0.1, 0.15) is 0 Å². The average molecular weight is 190 g/mol. The maximum Gasteiger partial charge on any atom is 0.0985 e. The molecule has 0 aromatic carbocycles. The molecule has 0 spiro atoms. The number of rotatable bonds is 3. The van der Waals surface area contributed by atoms with Crippen LogP contribution in [-0.4, -0.2) is 20.0 Å². The zero-order valence-electron chi connectivity index (χ0n) is 7.35. The Balaban J connectivity index is 2.30. The summed E-state index contributed by atoms with van der Waals surface area (Å²) in [7, 11) is 0. The molecule has 0 N–H and O–H groups in total. The minimum atomic E-state index is -1.03. The molecule has 2 aliphatic carbocycles. The van der Waals surface area contributed by atoms with Gasteiger partial charge in [0, 0.05) is 11.3 Å². The number of hydrogen-bond acceptors (Lipinski definition) is 0. The Morgan fingerprint density at radius 3 is 2.31 bits per heavy atom. The highest BCUT2D eigenvalue weighted by atomic mass is 19.1. The van der Waals surface area contributed by atoms with E-state index >= 15 is 0 Å². The van der Waals surface area contributed by atoms with Crippen LogP contribution in [0.4, 0.5) is 13.2 Å². The molecule has 0 aromatic rings. The Morgan fingerprint density at radius 2 is 1.85 bits per heavy atom. The largest absolute Gasteiger partial charge is 0.251 e. The van der Waals surface area contributed by atoms with Crippen LogP contribution in [0.15, 0.2) is 12.2 Å². The first-order chi connectivity index (χ1) is 6.28. The van der Waals surface area contributed by atoms with Crippen LogP contribution in [0.3, 0.4) is 0 Å². The summed E-state index contributed by atoms with van der Waals surface area (Å²) in [5.74, 6) is -0.438. The van der Waals surface area contributed by atoms with Crippen LogP contribution in [0, 0.1) is 23.2 Å². The fraction of sp³-hybridized carbons (Fsp3) is 0.800. The maximum atomic E-state index is 12.8. The SMILES string of the molecule is FCC1C2C=CC(C2)C1(CF)CF. The van der Waals surface area contributed by atoms with E-state index < -0.39 is 31.4 Å². The second kappa shape index (κ2) is 3.03. The van der Waals surface area contributed by atoms with E-state index in [2.05, 4.69) is 0 Å². The lowest BCUT2D eigenvalue weighted by atomic mass is 9.71. The molecule has 3 unspecified atom stereocenters. The highest BCUT2D eigenvalue weighted by molar-refractivity contribution is 5.19. The number of allylic oxidation sites excluding steroid dienone is 2. The van der Waals surface area contributed by atoms with Crippen molar-refractivity contribution in [2.75, 3.05) is 20.0 Å². The topological polar surface area (TPSA) is 0 Å². The molecule has 1 fully saturated rings. The van der Waals surface area contributed by atoms with Gasteiger partial charge in [-0.1, -0.05) is 12.2 Å². The van der Waals surface area contributed by atoms with Gasteiger partial charge < -0.3 is 0 Å². The predicted octanol–water partition coefficient (Wildman–Crippen LogP) is 2.70. The van der Waals surface area contributed by atoms with Crippen LogP contribution in [0.1, 0.15) is 6.42 Å². The number of halogens is 3. The molecule has 0 aromatic heterocycles. The Hall–Kier alpha value is -0.470. The van der Waals surface area contributed by atoms with Gasteiger partial charge in [0.2, 0.25) is 0 Å². The van der Waals surface area contributed by atoms with Gasteiger partial charge in [-0.05, 0) is 18.3 Å². The molecule has 0 radical (unpaired) electrons. The second-order valence-corrected chi connectivity index (χ2v) is 4.15. The molecular formula is C10H13F3. The van der Waals surface area contributed by atoms with E-state index in [1.165, 1.54) is 0 Å². The van der Waals surface area contributed by atoms with Crippen molar-refractivity contribution < 1.29 is 13.2 Å². The van der Waals surface area contributed by atoms with Crippen LogP contribution in [0.2, 0.25) is 0 Å².